The van der Waals surface area contributed by atoms with Crippen LogP contribution in [0.2, 0.25) is 0 Å². The standard InChI is InChI=1S/C17H18N2O.C3H8.H2/c1-2-18-17(20)19-15-9-5-3-7-13(15)11-12-14-8-4-6-10-16(14)19;1-3-2;/h3-10H,2,11-12H2,1H3,(H,18,20);3H2,1-2H3;1H. The first kappa shape index (κ1) is 17.1. The van der Waals surface area contributed by atoms with Gasteiger partial charge >= 0.3 is 6.03 Å². The maximum absolute atomic E-state index is 12.5. The van der Waals surface area contributed by atoms with Gasteiger partial charge in [0.05, 0.1) is 11.4 Å². The van der Waals surface area contributed by atoms with Crippen molar-refractivity contribution in [2.75, 3.05) is 11.4 Å². The van der Waals surface area contributed by atoms with E-state index >= 15 is 0 Å². The largest absolute Gasteiger partial charge is 0.338 e. The minimum Gasteiger partial charge on any atom is -0.338 e. The van der Waals surface area contributed by atoms with Crippen molar-refractivity contribution in [2.24, 2.45) is 0 Å². The molecular weight excluding hydrogens is 284 g/mol. The molecule has 0 saturated heterocycles. The quantitative estimate of drug-likeness (QED) is 0.760. The third kappa shape index (κ3) is 3.92. The highest BCUT2D eigenvalue weighted by molar-refractivity contribution is 6.01. The van der Waals surface area contributed by atoms with Crippen molar-refractivity contribution in [3.8, 4) is 0 Å². The van der Waals surface area contributed by atoms with Crippen LogP contribution in [0.1, 0.15) is 39.7 Å². The van der Waals surface area contributed by atoms with Crippen molar-refractivity contribution in [3.05, 3.63) is 59.7 Å². The number of urea groups is 1. The van der Waals surface area contributed by atoms with Crippen LogP contribution in [-0.2, 0) is 12.8 Å². The molecule has 0 fully saturated rings. The third-order valence-corrected chi connectivity index (χ3v) is 3.66. The van der Waals surface area contributed by atoms with Gasteiger partial charge in [0.2, 0.25) is 0 Å². The van der Waals surface area contributed by atoms with Crippen LogP contribution in [0, 0.1) is 0 Å². The molecule has 23 heavy (non-hydrogen) atoms. The number of hydrogen-bond acceptors (Lipinski definition) is 1. The number of para-hydroxylation sites is 2. The van der Waals surface area contributed by atoms with Gasteiger partial charge in [0.1, 0.15) is 0 Å². The summed E-state index contributed by atoms with van der Waals surface area (Å²) in [7, 11) is 0. The van der Waals surface area contributed by atoms with Gasteiger partial charge < -0.3 is 5.32 Å². The fourth-order valence-corrected chi connectivity index (χ4v) is 2.73. The summed E-state index contributed by atoms with van der Waals surface area (Å²) in [6.45, 7) is 6.81. The third-order valence-electron chi connectivity index (χ3n) is 3.66. The van der Waals surface area contributed by atoms with E-state index in [9.17, 15) is 4.79 Å². The lowest BCUT2D eigenvalue weighted by molar-refractivity contribution is 0.249. The first-order valence-electron chi connectivity index (χ1n) is 8.46. The number of aryl methyl sites for hydroxylation is 2. The highest BCUT2D eigenvalue weighted by Crippen LogP contribution is 2.35. The molecular formula is C20H28N2O. The molecule has 0 aliphatic carbocycles. The Labute approximate surface area is 140 Å². The van der Waals surface area contributed by atoms with Gasteiger partial charge in [-0.3, -0.25) is 4.90 Å². The molecule has 0 unspecified atom stereocenters. The second-order valence-electron chi connectivity index (χ2n) is 5.64. The molecule has 0 saturated carbocycles. The van der Waals surface area contributed by atoms with E-state index in [2.05, 4.69) is 31.3 Å². The Morgan fingerprint density at radius 1 is 0.957 bits per heavy atom. The van der Waals surface area contributed by atoms with Gasteiger partial charge in [-0.05, 0) is 43.0 Å². The van der Waals surface area contributed by atoms with Crippen molar-refractivity contribution < 1.29 is 6.22 Å². The fourth-order valence-electron chi connectivity index (χ4n) is 2.73. The summed E-state index contributed by atoms with van der Waals surface area (Å²) in [5.74, 6) is 0. The van der Waals surface area contributed by atoms with Crippen molar-refractivity contribution in [1.82, 2.24) is 5.32 Å². The van der Waals surface area contributed by atoms with E-state index in [0.717, 1.165) is 24.2 Å². The Kier molecular flexibility index (Phi) is 6.21. The summed E-state index contributed by atoms with van der Waals surface area (Å²) in [4.78, 5) is 14.3. The molecule has 1 N–H and O–H groups in total. The van der Waals surface area contributed by atoms with Gasteiger partial charge in [0.15, 0.2) is 0 Å². The molecule has 3 rings (SSSR count). The first-order chi connectivity index (χ1) is 11.2. The van der Waals surface area contributed by atoms with Crippen LogP contribution >= 0.6 is 0 Å². The SMILES string of the molecule is CCC.CCNC(=O)N1c2ccccc2CCc2ccccc21.[HH]. The molecule has 3 nitrogen and oxygen atoms in total. The highest BCUT2D eigenvalue weighted by Gasteiger charge is 2.24. The van der Waals surface area contributed by atoms with Gasteiger partial charge in [-0.1, -0.05) is 56.7 Å². The Morgan fingerprint density at radius 2 is 1.39 bits per heavy atom. The van der Waals surface area contributed by atoms with E-state index in [-0.39, 0.29) is 7.46 Å². The zero-order valence-corrected chi connectivity index (χ0v) is 14.3. The molecule has 0 radical (unpaired) electrons. The number of nitrogens with one attached hydrogen (secondary N) is 1. The number of rotatable bonds is 1. The van der Waals surface area contributed by atoms with E-state index in [1.165, 1.54) is 17.5 Å². The number of anilines is 2. The van der Waals surface area contributed by atoms with Crippen molar-refractivity contribution in [3.63, 3.8) is 0 Å². The molecule has 3 heteroatoms. The number of amides is 2. The topological polar surface area (TPSA) is 32.3 Å². The fraction of sp³-hybridized carbons (Fsp3) is 0.350. The van der Waals surface area contributed by atoms with Gasteiger partial charge in [-0.2, -0.15) is 0 Å². The summed E-state index contributed by atoms with van der Waals surface area (Å²) in [6.07, 6.45) is 3.17. The molecule has 124 valence electrons. The molecule has 1 aliphatic heterocycles. The van der Waals surface area contributed by atoms with Crippen LogP contribution in [-0.4, -0.2) is 12.6 Å². The van der Waals surface area contributed by atoms with Crippen LogP contribution < -0.4 is 10.2 Å². The summed E-state index contributed by atoms with van der Waals surface area (Å²) in [5.41, 5.74) is 4.41. The number of fused-ring (bicyclic) bond motifs is 2. The zero-order chi connectivity index (χ0) is 16.7. The molecule has 0 atom stereocenters. The van der Waals surface area contributed by atoms with Gasteiger partial charge in [-0.25, -0.2) is 4.79 Å². The monoisotopic (exact) mass is 312 g/mol. The number of carbonyl (C=O) groups is 1. The molecule has 0 bridgehead atoms. The van der Waals surface area contributed by atoms with Crippen LogP contribution in [0.4, 0.5) is 16.2 Å². The zero-order valence-electron chi connectivity index (χ0n) is 14.3. The minimum atomic E-state index is -0.0608. The lowest BCUT2D eigenvalue weighted by atomic mass is 10.0. The van der Waals surface area contributed by atoms with Crippen molar-refractivity contribution >= 4 is 17.4 Å². The second kappa shape index (κ2) is 8.37. The number of nitrogens with zero attached hydrogens (tertiary/aromatic N) is 1. The van der Waals surface area contributed by atoms with E-state index in [4.69, 9.17) is 0 Å². The lowest BCUT2D eigenvalue weighted by Crippen LogP contribution is -2.37. The van der Waals surface area contributed by atoms with Gasteiger partial charge in [0.25, 0.3) is 0 Å². The molecule has 2 amide bonds. The predicted octanol–water partition coefficient (Wildman–Crippen LogP) is 5.32. The summed E-state index contributed by atoms with van der Waals surface area (Å²) in [6, 6.07) is 16.2. The smallest absolute Gasteiger partial charge is 0.326 e. The lowest BCUT2D eigenvalue weighted by Gasteiger charge is -2.24. The minimum absolute atomic E-state index is 0. The average Bonchev–Trinajstić information content (AvgIpc) is 2.72. The van der Waals surface area contributed by atoms with Crippen LogP contribution in [0.3, 0.4) is 0 Å². The summed E-state index contributed by atoms with van der Waals surface area (Å²) in [5, 5.41) is 2.91. The number of carbonyl (C=O) groups excluding carboxylic acids is 1. The van der Waals surface area contributed by atoms with Crippen molar-refractivity contribution in [2.45, 2.75) is 40.0 Å². The number of benzene rings is 2. The molecule has 1 aliphatic rings. The van der Waals surface area contributed by atoms with Gasteiger partial charge in [-0.15, -0.1) is 0 Å². The Balaban J connectivity index is 0.000000671. The van der Waals surface area contributed by atoms with Gasteiger partial charge in [0, 0.05) is 7.97 Å². The van der Waals surface area contributed by atoms with Crippen LogP contribution in [0.15, 0.2) is 48.5 Å². The first-order valence-corrected chi connectivity index (χ1v) is 8.46. The Morgan fingerprint density at radius 3 is 1.83 bits per heavy atom. The Hall–Kier alpha value is -2.29. The average molecular weight is 312 g/mol. The summed E-state index contributed by atoms with van der Waals surface area (Å²) >= 11 is 0. The van der Waals surface area contributed by atoms with Crippen molar-refractivity contribution in [1.29, 1.82) is 0 Å². The Bertz CT molecular complexity index is 610. The van der Waals surface area contributed by atoms with E-state index in [1.54, 1.807) is 4.90 Å². The highest BCUT2D eigenvalue weighted by atomic mass is 16.2. The van der Waals surface area contributed by atoms with E-state index in [0.29, 0.717) is 6.54 Å². The normalized spacial score (nSPS) is 12.2. The van der Waals surface area contributed by atoms with Crippen LogP contribution in [0.5, 0.6) is 0 Å². The van der Waals surface area contributed by atoms with Crippen LogP contribution in [0.25, 0.3) is 0 Å². The molecule has 2 aromatic rings. The molecule has 2 aromatic carbocycles. The molecule has 1 heterocycles. The second-order valence-corrected chi connectivity index (χ2v) is 5.64. The predicted molar refractivity (Wildman–Crippen MR) is 99.6 cm³/mol. The van der Waals surface area contributed by atoms with E-state index in [1.807, 2.05) is 43.3 Å². The maximum atomic E-state index is 12.5. The molecule has 0 spiro atoms. The summed E-state index contributed by atoms with van der Waals surface area (Å²) < 4.78 is 0. The number of hydrogen-bond donors (Lipinski definition) is 1. The maximum Gasteiger partial charge on any atom is 0.326 e. The molecule has 0 aromatic heterocycles. The van der Waals surface area contributed by atoms with E-state index < -0.39 is 0 Å².